The van der Waals surface area contributed by atoms with E-state index in [2.05, 4.69) is 174 Å². The van der Waals surface area contributed by atoms with Gasteiger partial charge in [-0.3, -0.25) is 4.57 Å². The molecule has 2 aliphatic rings. The maximum absolute atomic E-state index is 5.28. The molecule has 0 bridgehead atoms. The molecule has 0 atom stereocenters. The summed E-state index contributed by atoms with van der Waals surface area (Å²) in [6.07, 6.45) is 0. The monoisotopic (exact) mass is 712 g/mol. The molecule has 56 heavy (non-hydrogen) atoms. The van der Waals surface area contributed by atoms with Crippen molar-refractivity contribution < 1.29 is 0 Å². The van der Waals surface area contributed by atoms with E-state index in [-0.39, 0.29) is 0 Å². The Morgan fingerprint density at radius 1 is 0.339 bits per heavy atom. The van der Waals surface area contributed by atoms with E-state index in [0.717, 1.165) is 27.7 Å². The summed E-state index contributed by atoms with van der Waals surface area (Å²) in [6, 6.07) is 69.5. The quantitative estimate of drug-likeness (QED) is 0.182. The molecule has 2 aromatic heterocycles. The zero-order valence-electron chi connectivity index (χ0n) is 30.3. The largest absolute Gasteiger partial charge is 0.278 e. The van der Waals surface area contributed by atoms with Crippen molar-refractivity contribution in [3.05, 3.63) is 216 Å². The van der Waals surface area contributed by atoms with Crippen molar-refractivity contribution in [2.24, 2.45) is 0 Å². The zero-order valence-corrected chi connectivity index (χ0v) is 30.3. The second-order valence-electron chi connectivity index (χ2n) is 14.7. The van der Waals surface area contributed by atoms with E-state index >= 15 is 0 Å². The Morgan fingerprint density at radius 3 is 1.48 bits per heavy atom. The minimum Gasteiger partial charge on any atom is -0.278 e. The predicted molar refractivity (Wildman–Crippen MR) is 227 cm³/mol. The molecule has 1 spiro atoms. The number of aromatic nitrogens is 4. The van der Waals surface area contributed by atoms with Gasteiger partial charge in [0.05, 0.1) is 16.4 Å². The summed E-state index contributed by atoms with van der Waals surface area (Å²) < 4.78 is 2.24. The SMILES string of the molecule is c1ccc(-c2ccc(-c3nc(-c4ccccc4)nc(-n4c5ccccc5c5c6c(ccc54)C4(c5ccccc5-c5ccccc54)c4ccccc4-6)n3)cc2)cc1. The third kappa shape index (κ3) is 4.21. The van der Waals surface area contributed by atoms with Gasteiger partial charge in [-0.15, -0.1) is 0 Å². The molecule has 260 valence electrons. The minimum absolute atomic E-state index is 0.427. The summed E-state index contributed by atoms with van der Waals surface area (Å²) >= 11 is 0. The van der Waals surface area contributed by atoms with Gasteiger partial charge in [0.25, 0.3) is 0 Å². The van der Waals surface area contributed by atoms with E-state index < -0.39 is 5.41 Å². The summed E-state index contributed by atoms with van der Waals surface area (Å²) in [6.45, 7) is 0. The van der Waals surface area contributed by atoms with Gasteiger partial charge >= 0.3 is 0 Å². The van der Waals surface area contributed by atoms with Crippen LogP contribution in [0.15, 0.2) is 194 Å². The Kier molecular flexibility index (Phi) is 6.52. The molecule has 0 fully saturated rings. The second kappa shape index (κ2) is 11.8. The van der Waals surface area contributed by atoms with Crippen molar-refractivity contribution >= 4 is 21.8 Å². The van der Waals surface area contributed by atoms with Crippen molar-refractivity contribution in [2.45, 2.75) is 5.41 Å². The molecule has 0 aliphatic heterocycles. The highest BCUT2D eigenvalue weighted by atomic mass is 15.2. The van der Waals surface area contributed by atoms with E-state index in [4.69, 9.17) is 15.0 Å². The average molecular weight is 713 g/mol. The molecule has 0 saturated carbocycles. The Morgan fingerprint density at radius 2 is 0.821 bits per heavy atom. The van der Waals surface area contributed by atoms with Crippen molar-refractivity contribution in [1.82, 2.24) is 19.5 Å². The van der Waals surface area contributed by atoms with Crippen LogP contribution in [-0.2, 0) is 5.41 Å². The lowest BCUT2D eigenvalue weighted by Gasteiger charge is -2.30. The Bertz CT molecular complexity index is 3130. The molecule has 2 aliphatic carbocycles. The predicted octanol–water partition coefficient (Wildman–Crippen LogP) is 12.3. The lowest BCUT2D eigenvalue weighted by molar-refractivity contribution is 0.794. The van der Waals surface area contributed by atoms with Crippen LogP contribution < -0.4 is 0 Å². The normalized spacial score (nSPS) is 13.1. The van der Waals surface area contributed by atoms with Crippen molar-refractivity contribution in [1.29, 1.82) is 0 Å². The smallest absolute Gasteiger partial charge is 0.238 e. The van der Waals surface area contributed by atoms with Gasteiger partial charge in [-0.05, 0) is 67.8 Å². The number of nitrogens with zero attached hydrogens (tertiary/aromatic N) is 4. The first-order valence-corrected chi connectivity index (χ1v) is 19.1. The summed E-state index contributed by atoms with van der Waals surface area (Å²) in [7, 11) is 0. The van der Waals surface area contributed by atoms with Gasteiger partial charge in [-0.1, -0.05) is 182 Å². The van der Waals surface area contributed by atoms with Gasteiger partial charge in [0.1, 0.15) is 0 Å². The van der Waals surface area contributed by atoms with Gasteiger partial charge < -0.3 is 0 Å². The fourth-order valence-electron chi connectivity index (χ4n) is 9.61. The van der Waals surface area contributed by atoms with Crippen LogP contribution in [0.1, 0.15) is 22.3 Å². The first-order valence-electron chi connectivity index (χ1n) is 19.1. The molecule has 12 rings (SSSR count). The topological polar surface area (TPSA) is 43.6 Å². The summed E-state index contributed by atoms with van der Waals surface area (Å²) in [5.74, 6) is 1.85. The summed E-state index contributed by atoms with van der Waals surface area (Å²) in [5, 5.41) is 2.38. The van der Waals surface area contributed by atoms with Crippen molar-refractivity contribution in [2.75, 3.05) is 0 Å². The third-order valence-electron chi connectivity index (χ3n) is 11.9. The molecule has 10 aromatic rings. The minimum atomic E-state index is -0.427. The van der Waals surface area contributed by atoms with Crippen LogP contribution in [-0.4, -0.2) is 19.5 Å². The van der Waals surface area contributed by atoms with E-state index in [0.29, 0.717) is 17.6 Å². The Balaban J connectivity index is 1.14. The van der Waals surface area contributed by atoms with Crippen LogP contribution >= 0.6 is 0 Å². The van der Waals surface area contributed by atoms with Crippen LogP contribution in [0.5, 0.6) is 0 Å². The van der Waals surface area contributed by atoms with Gasteiger partial charge in [0.15, 0.2) is 11.6 Å². The maximum Gasteiger partial charge on any atom is 0.238 e. The molecular formula is C52H32N4. The zero-order chi connectivity index (χ0) is 36.8. The number of hydrogen-bond donors (Lipinski definition) is 0. The van der Waals surface area contributed by atoms with Crippen LogP contribution in [0, 0.1) is 0 Å². The van der Waals surface area contributed by atoms with E-state index in [1.165, 1.54) is 60.8 Å². The first kappa shape index (κ1) is 31.0. The van der Waals surface area contributed by atoms with Gasteiger partial charge in [0, 0.05) is 21.9 Å². The van der Waals surface area contributed by atoms with Gasteiger partial charge in [-0.25, -0.2) is 4.98 Å². The number of fused-ring (bicyclic) bond motifs is 14. The molecule has 0 radical (unpaired) electrons. The van der Waals surface area contributed by atoms with Crippen LogP contribution in [0.3, 0.4) is 0 Å². The summed E-state index contributed by atoms with van der Waals surface area (Å²) in [5.41, 5.74) is 16.3. The molecule has 0 amide bonds. The van der Waals surface area contributed by atoms with Gasteiger partial charge in [-0.2, -0.15) is 9.97 Å². The summed E-state index contributed by atoms with van der Waals surface area (Å²) in [4.78, 5) is 15.6. The number of rotatable bonds is 4. The highest BCUT2D eigenvalue weighted by Crippen LogP contribution is 2.64. The van der Waals surface area contributed by atoms with E-state index in [1.807, 2.05) is 24.3 Å². The number of hydrogen-bond acceptors (Lipinski definition) is 3. The highest BCUT2D eigenvalue weighted by molar-refractivity contribution is 6.18. The molecule has 2 heterocycles. The fourth-order valence-corrected chi connectivity index (χ4v) is 9.61. The number of para-hydroxylation sites is 1. The Hall–Kier alpha value is -7.43. The van der Waals surface area contributed by atoms with E-state index in [9.17, 15) is 0 Å². The Labute approximate surface area is 324 Å². The van der Waals surface area contributed by atoms with Crippen LogP contribution in [0.2, 0.25) is 0 Å². The first-order chi connectivity index (χ1) is 27.8. The molecular weight excluding hydrogens is 681 g/mol. The van der Waals surface area contributed by atoms with Gasteiger partial charge in [0.2, 0.25) is 5.95 Å². The highest BCUT2D eigenvalue weighted by Gasteiger charge is 2.52. The number of benzene rings is 8. The van der Waals surface area contributed by atoms with Crippen molar-refractivity contribution in [3.63, 3.8) is 0 Å². The molecule has 0 unspecified atom stereocenters. The third-order valence-corrected chi connectivity index (χ3v) is 11.9. The lowest BCUT2D eigenvalue weighted by atomic mass is 9.70. The van der Waals surface area contributed by atoms with Crippen LogP contribution in [0.25, 0.3) is 83.9 Å². The standard InChI is InChI=1S/C52H32N4/c1-3-15-33(16-4-1)34-27-29-36(30-28-34)50-53-49(35-17-5-2-6-18-35)54-51(55-50)56-45-26-14-10-22-40(45)48-46(56)32-31-44-47(48)39-21-9-13-25-43(39)52(44)41-23-11-7-19-37(41)38-20-8-12-24-42(38)52/h1-32H. The van der Waals surface area contributed by atoms with Crippen LogP contribution in [0.4, 0.5) is 0 Å². The average Bonchev–Trinajstić information content (AvgIpc) is 3.89. The lowest BCUT2D eigenvalue weighted by Crippen LogP contribution is -2.25. The second-order valence-corrected chi connectivity index (χ2v) is 14.7. The fraction of sp³-hybridized carbons (Fsp3) is 0.0192. The molecule has 4 nitrogen and oxygen atoms in total. The molecule has 4 heteroatoms. The maximum atomic E-state index is 5.28. The molecule has 8 aromatic carbocycles. The van der Waals surface area contributed by atoms with Crippen molar-refractivity contribution in [3.8, 4) is 62.1 Å². The van der Waals surface area contributed by atoms with E-state index in [1.54, 1.807) is 0 Å². The molecule has 0 saturated heterocycles. The molecule has 0 N–H and O–H groups in total.